The van der Waals surface area contributed by atoms with E-state index in [1.165, 1.54) is 38.5 Å². The summed E-state index contributed by atoms with van der Waals surface area (Å²) in [5.41, 5.74) is 0. The van der Waals surface area contributed by atoms with Crippen LogP contribution >= 0.6 is 0 Å². The SMILES string of the molecule is CCC[CH2][Ge]([CH2]CCC)[CH2]CCC. The fourth-order valence-corrected chi connectivity index (χ4v) is 8.60. The van der Waals surface area contributed by atoms with E-state index in [2.05, 4.69) is 20.8 Å². The van der Waals surface area contributed by atoms with Crippen molar-refractivity contribution >= 4 is 14.3 Å². The molecule has 0 aliphatic heterocycles. The number of hydrogen-bond acceptors (Lipinski definition) is 0. The summed E-state index contributed by atoms with van der Waals surface area (Å²) in [5.74, 6) is 0. The van der Waals surface area contributed by atoms with Crippen LogP contribution in [0.25, 0.3) is 0 Å². The summed E-state index contributed by atoms with van der Waals surface area (Å²) in [6.45, 7) is 6.99. The van der Waals surface area contributed by atoms with Gasteiger partial charge in [-0.05, 0) is 0 Å². The number of rotatable bonds is 9. The molecule has 0 heterocycles. The van der Waals surface area contributed by atoms with E-state index in [4.69, 9.17) is 0 Å². The van der Waals surface area contributed by atoms with Gasteiger partial charge in [-0.25, -0.2) is 0 Å². The molecule has 0 aromatic carbocycles. The second kappa shape index (κ2) is 10.6. The van der Waals surface area contributed by atoms with Gasteiger partial charge in [0.25, 0.3) is 0 Å². The van der Waals surface area contributed by atoms with Crippen molar-refractivity contribution in [1.82, 2.24) is 0 Å². The Morgan fingerprint density at radius 1 is 0.615 bits per heavy atom. The Labute approximate surface area is 89.6 Å². The van der Waals surface area contributed by atoms with Gasteiger partial charge < -0.3 is 0 Å². The van der Waals surface area contributed by atoms with E-state index >= 15 is 0 Å². The molecule has 0 unspecified atom stereocenters. The van der Waals surface area contributed by atoms with E-state index < -0.39 is 14.3 Å². The summed E-state index contributed by atoms with van der Waals surface area (Å²) in [6, 6.07) is 0. The molecule has 1 radical (unpaired) electrons. The topological polar surface area (TPSA) is 0 Å². The molecule has 0 aliphatic rings. The Balaban J connectivity index is 3.47. The first-order chi connectivity index (χ1) is 6.35. The van der Waals surface area contributed by atoms with Crippen molar-refractivity contribution in [2.24, 2.45) is 0 Å². The van der Waals surface area contributed by atoms with Crippen LogP contribution in [-0.2, 0) is 0 Å². The molecule has 0 atom stereocenters. The van der Waals surface area contributed by atoms with Crippen LogP contribution in [-0.4, -0.2) is 14.3 Å². The van der Waals surface area contributed by atoms with Gasteiger partial charge in [-0.2, -0.15) is 0 Å². The average molecular weight is 244 g/mol. The Morgan fingerprint density at radius 3 is 1.15 bits per heavy atom. The first-order valence-electron chi connectivity index (χ1n) is 6.18. The molecule has 0 fully saturated rings. The Kier molecular flexibility index (Phi) is 11.1. The van der Waals surface area contributed by atoms with E-state index in [9.17, 15) is 0 Å². The van der Waals surface area contributed by atoms with E-state index in [-0.39, 0.29) is 0 Å². The molecule has 0 aliphatic carbocycles. The molecule has 0 saturated carbocycles. The van der Waals surface area contributed by atoms with Gasteiger partial charge in [-0.3, -0.25) is 0 Å². The monoisotopic (exact) mass is 245 g/mol. The number of unbranched alkanes of at least 4 members (excludes halogenated alkanes) is 3. The Bertz CT molecular complexity index is 72.1. The first kappa shape index (κ1) is 13.5. The molecule has 0 spiro atoms. The second-order valence-corrected chi connectivity index (χ2v) is 10.4. The van der Waals surface area contributed by atoms with E-state index in [0.717, 1.165) is 0 Å². The minimum atomic E-state index is -0.552. The quantitative estimate of drug-likeness (QED) is 0.507. The Morgan fingerprint density at radius 2 is 0.923 bits per heavy atom. The predicted molar refractivity (Wildman–Crippen MR) is 64.9 cm³/mol. The zero-order valence-corrected chi connectivity index (χ0v) is 12.0. The van der Waals surface area contributed by atoms with Crippen LogP contribution in [0.4, 0.5) is 0 Å². The summed E-state index contributed by atoms with van der Waals surface area (Å²) in [7, 11) is 0. The molecule has 1 heteroatoms. The van der Waals surface area contributed by atoms with Crippen molar-refractivity contribution in [3.63, 3.8) is 0 Å². The van der Waals surface area contributed by atoms with E-state index in [1.807, 2.05) is 0 Å². The maximum absolute atomic E-state index is 2.33. The molecule has 13 heavy (non-hydrogen) atoms. The van der Waals surface area contributed by atoms with Crippen LogP contribution in [0.2, 0.25) is 15.8 Å². The normalized spacial score (nSPS) is 11.1. The van der Waals surface area contributed by atoms with Gasteiger partial charge in [0.05, 0.1) is 0 Å². The summed E-state index contributed by atoms with van der Waals surface area (Å²) in [4.78, 5) is 0. The van der Waals surface area contributed by atoms with Gasteiger partial charge in [0.15, 0.2) is 0 Å². The molecule has 0 nitrogen and oxygen atoms in total. The molecule has 0 saturated heterocycles. The molecule has 0 bridgehead atoms. The van der Waals surface area contributed by atoms with Crippen LogP contribution in [0.15, 0.2) is 0 Å². The van der Waals surface area contributed by atoms with Gasteiger partial charge >= 0.3 is 89.4 Å². The Hall–Kier alpha value is 0.543. The molecule has 79 valence electrons. The van der Waals surface area contributed by atoms with Crippen molar-refractivity contribution in [3.8, 4) is 0 Å². The van der Waals surface area contributed by atoms with Gasteiger partial charge in [0.1, 0.15) is 0 Å². The summed E-state index contributed by atoms with van der Waals surface area (Å²) >= 11 is -0.552. The third-order valence-electron chi connectivity index (χ3n) is 2.65. The molecule has 0 amide bonds. The molecular weight excluding hydrogens is 217 g/mol. The molecule has 0 N–H and O–H groups in total. The minimum absolute atomic E-state index is 0.552. The molecule has 0 aromatic rings. The van der Waals surface area contributed by atoms with Crippen LogP contribution in [0.3, 0.4) is 0 Å². The van der Waals surface area contributed by atoms with Gasteiger partial charge in [-0.1, -0.05) is 0 Å². The molecule has 0 rings (SSSR count). The standard InChI is InChI=1S/C12H27Ge/c1-4-7-10-13(11-8-5-2)12-9-6-3/h4-12H2,1-3H3. The third-order valence-corrected chi connectivity index (χ3v) is 9.33. The second-order valence-electron chi connectivity index (χ2n) is 4.06. The maximum atomic E-state index is 2.33. The zero-order valence-electron chi connectivity index (χ0n) is 9.86. The fourth-order valence-electron chi connectivity index (χ4n) is 1.66. The van der Waals surface area contributed by atoms with Crippen molar-refractivity contribution in [2.75, 3.05) is 0 Å². The van der Waals surface area contributed by atoms with Crippen LogP contribution < -0.4 is 0 Å². The van der Waals surface area contributed by atoms with Gasteiger partial charge in [0, 0.05) is 0 Å². The molecular formula is C12H27Ge. The van der Waals surface area contributed by atoms with Crippen molar-refractivity contribution in [2.45, 2.75) is 75.1 Å². The van der Waals surface area contributed by atoms with Gasteiger partial charge in [0.2, 0.25) is 0 Å². The first-order valence-corrected chi connectivity index (χ1v) is 10.6. The van der Waals surface area contributed by atoms with Crippen LogP contribution in [0.5, 0.6) is 0 Å². The predicted octanol–water partition coefficient (Wildman–Crippen LogP) is 4.88. The average Bonchev–Trinajstić information content (AvgIpc) is 2.17. The van der Waals surface area contributed by atoms with Crippen molar-refractivity contribution < 1.29 is 0 Å². The van der Waals surface area contributed by atoms with Crippen LogP contribution in [0, 0.1) is 0 Å². The van der Waals surface area contributed by atoms with E-state index in [1.54, 1.807) is 15.8 Å². The summed E-state index contributed by atoms with van der Waals surface area (Å²) in [6.07, 6.45) is 8.78. The van der Waals surface area contributed by atoms with E-state index in [0.29, 0.717) is 0 Å². The zero-order chi connectivity index (χ0) is 9.94. The fraction of sp³-hybridized carbons (Fsp3) is 1.00. The number of hydrogen-bond donors (Lipinski definition) is 0. The third kappa shape index (κ3) is 8.86. The van der Waals surface area contributed by atoms with Gasteiger partial charge in [-0.15, -0.1) is 0 Å². The summed E-state index contributed by atoms with van der Waals surface area (Å²) in [5, 5.41) is 4.95. The van der Waals surface area contributed by atoms with Crippen molar-refractivity contribution in [3.05, 3.63) is 0 Å². The van der Waals surface area contributed by atoms with Crippen LogP contribution in [0.1, 0.15) is 59.3 Å². The molecule has 0 aromatic heterocycles. The van der Waals surface area contributed by atoms with Crippen molar-refractivity contribution in [1.29, 1.82) is 0 Å². The summed E-state index contributed by atoms with van der Waals surface area (Å²) < 4.78 is 0.